The molecule has 1 fully saturated rings. The van der Waals surface area contributed by atoms with Crippen molar-refractivity contribution in [1.29, 1.82) is 0 Å². The molecule has 10 heteroatoms. The molecule has 1 atom stereocenters. The molecule has 1 unspecified atom stereocenters. The molecule has 0 bridgehead atoms. The Hall–Kier alpha value is -2.11. The molecular formula is C26H35F3N6S. The van der Waals surface area contributed by atoms with E-state index in [9.17, 15) is 13.2 Å². The molecule has 2 aliphatic rings. The number of alkyl halides is 3. The quantitative estimate of drug-likeness (QED) is 0.486. The zero-order valence-electron chi connectivity index (χ0n) is 20.7. The fourth-order valence-corrected chi connectivity index (χ4v) is 5.67. The number of halogens is 3. The molecule has 0 amide bonds. The summed E-state index contributed by atoms with van der Waals surface area (Å²) in [5.74, 6) is 0. The zero-order chi connectivity index (χ0) is 25.7. The van der Waals surface area contributed by atoms with E-state index in [-0.39, 0.29) is 6.04 Å². The predicted octanol–water partition coefficient (Wildman–Crippen LogP) is 4.06. The Kier molecular flexibility index (Phi) is 8.95. The van der Waals surface area contributed by atoms with Gasteiger partial charge in [-0.3, -0.25) is 9.89 Å². The molecule has 1 saturated heterocycles. The molecule has 0 saturated carbocycles. The van der Waals surface area contributed by atoms with E-state index in [1.165, 1.54) is 23.9 Å². The Morgan fingerprint density at radius 1 is 0.972 bits per heavy atom. The smallest absolute Gasteiger partial charge is 0.340 e. The second kappa shape index (κ2) is 12.0. The second-order valence-corrected chi connectivity index (χ2v) is 10.4. The van der Waals surface area contributed by atoms with Gasteiger partial charge in [0.2, 0.25) is 0 Å². The van der Waals surface area contributed by atoms with Crippen LogP contribution in [0.25, 0.3) is 0 Å². The summed E-state index contributed by atoms with van der Waals surface area (Å²) in [5, 5.41) is 0. The van der Waals surface area contributed by atoms with Gasteiger partial charge in [-0.2, -0.15) is 13.2 Å². The summed E-state index contributed by atoms with van der Waals surface area (Å²) in [4.78, 5) is 13.4. The van der Waals surface area contributed by atoms with Crippen LogP contribution in [0, 0.1) is 0 Å². The number of aliphatic imine (C=N–C) groups is 1. The molecule has 36 heavy (non-hydrogen) atoms. The fourth-order valence-electron chi connectivity index (χ4n) is 4.59. The molecule has 0 aliphatic carbocycles. The van der Waals surface area contributed by atoms with E-state index >= 15 is 0 Å². The van der Waals surface area contributed by atoms with Crippen LogP contribution in [0.4, 0.5) is 24.5 Å². The number of nitrogens with two attached hydrogens (primary N) is 2. The number of fused-ring (bicyclic) bond motifs is 2. The molecule has 0 radical (unpaired) electrons. The van der Waals surface area contributed by atoms with Gasteiger partial charge in [-0.15, -0.1) is 0 Å². The van der Waals surface area contributed by atoms with Gasteiger partial charge >= 0.3 is 6.18 Å². The lowest BCUT2D eigenvalue weighted by Crippen LogP contribution is -2.47. The highest BCUT2D eigenvalue weighted by molar-refractivity contribution is 7.99. The predicted molar refractivity (Wildman–Crippen MR) is 142 cm³/mol. The molecule has 0 aromatic heterocycles. The number of rotatable bonds is 9. The Bertz CT molecular complexity index is 1050. The van der Waals surface area contributed by atoms with Gasteiger partial charge in [0, 0.05) is 61.3 Å². The molecule has 2 aromatic rings. The van der Waals surface area contributed by atoms with Crippen molar-refractivity contribution in [3.05, 3.63) is 48.0 Å². The van der Waals surface area contributed by atoms with Crippen molar-refractivity contribution in [2.75, 3.05) is 63.8 Å². The van der Waals surface area contributed by atoms with E-state index < -0.39 is 11.7 Å². The van der Waals surface area contributed by atoms with Crippen molar-refractivity contribution in [3.8, 4) is 0 Å². The Balaban J connectivity index is 1.32. The number of hydrogen-bond acceptors (Lipinski definition) is 7. The Morgan fingerprint density at radius 2 is 1.64 bits per heavy atom. The third kappa shape index (κ3) is 6.60. The molecular weight excluding hydrogens is 485 g/mol. The van der Waals surface area contributed by atoms with Crippen LogP contribution in [0.15, 0.2) is 57.2 Å². The number of anilines is 2. The number of piperazine rings is 1. The lowest BCUT2D eigenvalue weighted by Gasteiger charge is -2.36. The first-order chi connectivity index (χ1) is 17.3. The second-order valence-electron chi connectivity index (χ2n) is 9.30. The van der Waals surface area contributed by atoms with E-state index in [0.717, 1.165) is 73.4 Å². The van der Waals surface area contributed by atoms with Crippen LogP contribution in [-0.4, -0.2) is 80.5 Å². The van der Waals surface area contributed by atoms with Gasteiger partial charge in [0.15, 0.2) is 0 Å². The maximum Gasteiger partial charge on any atom is 0.416 e. The number of hydrogen-bond donors (Lipinski definition) is 2. The Labute approximate surface area is 215 Å². The highest BCUT2D eigenvalue weighted by Crippen LogP contribution is 2.49. The van der Waals surface area contributed by atoms with Crippen LogP contribution in [-0.2, 0) is 6.18 Å². The summed E-state index contributed by atoms with van der Waals surface area (Å²) >= 11 is 1.53. The molecule has 196 valence electrons. The SMILES string of the molecule is CC(=NCCN1CCN(CCCN2c3ccccc3Sc3ccc(C(F)(F)F)cc32)CC1)C(N)CN. The monoisotopic (exact) mass is 520 g/mol. The number of nitrogens with zero attached hydrogens (tertiary/aromatic N) is 4. The maximum atomic E-state index is 13.4. The van der Waals surface area contributed by atoms with E-state index in [1.54, 1.807) is 6.07 Å². The van der Waals surface area contributed by atoms with Crippen molar-refractivity contribution in [1.82, 2.24) is 9.80 Å². The molecule has 6 nitrogen and oxygen atoms in total. The van der Waals surface area contributed by atoms with Crippen LogP contribution in [0.5, 0.6) is 0 Å². The highest BCUT2D eigenvalue weighted by atomic mass is 32.2. The summed E-state index contributed by atoms with van der Waals surface area (Å²) < 4.78 is 40.3. The molecule has 4 rings (SSSR count). The van der Waals surface area contributed by atoms with Crippen molar-refractivity contribution < 1.29 is 13.2 Å². The maximum absolute atomic E-state index is 13.4. The van der Waals surface area contributed by atoms with Gasteiger partial charge in [0.1, 0.15) is 0 Å². The van der Waals surface area contributed by atoms with E-state index in [1.807, 2.05) is 31.2 Å². The van der Waals surface area contributed by atoms with Gasteiger partial charge in [0.05, 0.1) is 29.5 Å². The van der Waals surface area contributed by atoms with Crippen LogP contribution in [0.3, 0.4) is 0 Å². The van der Waals surface area contributed by atoms with Crippen molar-refractivity contribution in [2.45, 2.75) is 35.4 Å². The van der Waals surface area contributed by atoms with E-state index in [2.05, 4.69) is 19.7 Å². The lowest BCUT2D eigenvalue weighted by molar-refractivity contribution is -0.137. The molecule has 0 spiro atoms. The third-order valence-electron chi connectivity index (χ3n) is 6.84. The first-order valence-corrected chi connectivity index (χ1v) is 13.2. The van der Waals surface area contributed by atoms with Gasteiger partial charge in [0.25, 0.3) is 0 Å². The minimum atomic E-state index is -4.36. The van der Waals surface area contributed by atoms with Crippen molar-refractivity contribution in [3.63, 3.8) is 0 Å². The minimum absolute atomic E-state index is 0.167. The standard InChI is InChI=1S/C26H35F3N6S/c1-19(21(31)18-30)32-9-12-34-15-13-33(14-16-34)10-4-11-35-22-5-2-3-6-24(22)36-25-8-7-20(17-23(25)35)26(27,28)29/h2-3,5-8,17,21H,4,9-16,18,30-31H2,1H3. The summed E-state index contributed by atoms with van der Waals surface area (Å²) in [7, 11) is 0. The van der Waals surface area contributed by atoms with Gasteiger partial charge in [-0.25, -0.2) is 0 Å². The van der Waals surface area contributed by atoms with Gasteiger partial charge in [-0.05, 0) is 50.2 Å². The van der Waals surface area contributed by atoms with Gasteiger partial charge in [-0.1, -0.05) is 23.9 Å². The zero-order valence-corrected chi connectivity index (χ0v) is 21.5. The van der Waals surface area contributed by atoms with E-state index in [4.69, 9.17) is 11.5 Å². The first-order valence-electron chi connectivity index (χ1n) is 12.4. The first kappa shape index (κ1) is 26.9. The van der Waals surface area contributed by atoms with Crippen LogP contribution in [0.2, 0.25) is 0 Å². The number of para-hydroxylation sites is 1. The largest absolute Gasteiger partial charge is 0.416 e. The average molecular weight is 521 g/mol. The molecule has 2 aromatic carbocycles. The number of benzene rings is 2. The normalized spacial score (nSPS) is 18.2. The third-order valence-corrected chi connectivity index (χ3v) is 7.97. The topological polar surface area (TPSA) is 74.1 Å². The molecule has 2 heterocycles. The minimum Gasteiger partial charge on any atom is -0.340 e. The van der Waals surface area contributed by atoms with Crippen LogP contribution >= 0.6 is 11.8 Å². The van der Waals surface area contributed by atoms with Gasteiger partial charge < -0.3 is 21.3 Å². The van der Waals surface area contributed by atoms with E-state index in [0.29, 0.717) is 18.8 Å². The summed E-state index contributed by atoms with van der Waals surface area (Å²) in [6, 6.07) is 11.8. The summed E-state index contributed by atoms with van der Waals surface area (Å²) in [5.41, 5.74) is 13.4. The Morgan fingerprint density at radius 3 is 2.33 bits per heavy atom. The molecule has 2 aliphatic heterocycles. The van der Waals surface area contributed by atoms with Crippen LogP contribution < -0.4 is 16.4 Å². The van der Waals surface area contributed by atoms with Crippen LogP contribution in [0.1, 0.15) is 18.9 Å². The van der Waals surface area contributed by atoms with Crippen molar-refractivity contribution >= 4 is 28.8 Å². The average Bonchev–Trinajstić information content (AvgIpc) is 2.87. The highest BCUT2D eigenvalue weighted by Gasteiger charge is 2.33. The molecule has 4 N–H and O–H groups in total. The summed E-state index contributed by atoms with van der Waals surface area (Å²) in [6.07, 6.45) is -3.49. The fraction of sp³-hybridized carbons (Fsp3) is 0.500. The summed E-state index contributed by atoms with van der Waals surface area (Å²) in [6.45, 7) is 9.48. The van der Waals surface area contributed by atoms with Crippen molar-refractivity contribution in [2.24, 2.45) is 16.5 Å². The lowest BCUT2D eigenvalue weighted by atomic mass is 10.1.